The average Bonchev–Trinajstić information content (AvgIpc) is 3.71. The molecule has 210 valence electrons. The molecule has 0 spiro atoms. The van der Waals surface area contributed by atoms with Crippen molar-refractivity contribution in [2.45, 2.75) is 31.5 Å². The second-order valence-electron chi connectivity index (χ2n) is 8.95. The fourth-order valence-corrected chi connectivity index (χ4v) is 4.23. The maximum absolute atomic E-state index is 15.5. The van der Waals surface area contributed by atoms with Crippen LogP contribution in [0.5, 0.6) is 23.3 Å². The van der Waals surface area contributed by atoms with Gasteiger partial charge in [-0.15, -0.1) is 0 Å². The molecular formula is C26H24F4N6O4. The quantitative estimate of drug-likeness (QED) is 0.262. The number of hydrogen-bond donors (Lipinski definition) is 0. The molecule has 10 nitrogen and oxygen atoms in total. The first-order chi connectivity index (χ1) is 19.2. The predicted octanol–water partition coefficient (Wildman–Crippen LogP) is 4.97. The van der Waals surface area contributed by atoms with Gasteiger partial charge < -0.3 is 23.5 Å². The number of rotatable bonds is 9. The summed E-state index contributed by atoms with van der Waals surface area (Å²) in [6.45, 7) is -0.209. The number of ether oxygens (including phenoxy) is 4. The van der Waals surface area contributed by atoms with Gasteiger partial charge in [0, 0.05) is 24.7 Å². The van der Waals surface area contributed by atoms with Crippen LogP contribution in [0, 0.1) is 5.82 Å². The Hall–Kier alpha value is -4.49. The number of hydrogen-bond acceptors (Lipinski definition) is 9. The number of imidazole rings is 1. The van der Waals surface area contributed by atoms with E-state index in [1.54, 1.807) is 0 Å². The number of halogens is 4. The standard InChI is InChI=1S/C26H24F4N6O4/c1-36-10-17(26(28,29)30)34-23(36)15-8-7-14(21(38-3)19(15)27)11-40-24-16(37-2)9-31-22(35-24)18-20(13-5-6-13)32-12-33-25(18)39-4/h7-10,12-13H,5-6,11H2,1-4H3. The van der Waals surface area contributed by atoms with Gasteiger partial charge in [0.25, 0.3) is 5.88 Å². The molecule has 1 aliphatic rings. The third-order valence-corrected chi connectivity index (χ3v) is 6.32. The van der Waals surface area contributed by atoms with Crippen LogP contribution >= 0.6 is 0 Å². The summed E-state index contributed by atoms with van der Waals surface area (Å²) in [6.07, 6.45) is 0.929. The lowest BCUT2D eigenvalue weighted by Gasteiger charge is -2.15. The molecule has 0 unspecified atom stereocenters. The zero-order valence-electron chi connectivity index (χ0n) is 21.9. The SMILES string of the molecule is COc1cnc(-c2c(OC)ncnc2C2CC2)nc1OCc1ccc(-c2nc(C(F)(F)F)cn2C)c(F)c1OC. The monoisotopic (exact) mass is 560 g/mol. The third kappa shape index (κ3) is 5.08. The second-order valence-corrected chi connectivity index (χ2v) is 8.95. The summed E-state index contributed by atoms with van der Waals surface area (Å²) in [5.41, 5.74) is 0.291. The number of aryl methyl sites for hydroxylation is 1. The lowest BCUT2D eigenvalue weighted by Crippen LogP contribution is -2.07. The fourth-order valence-electron chi connectivity index (χ4n) is 4.23. The molecular weight excluding hydrogens is 536 g/mol. The summed E-state index contributed by atoms with van der Waals surface area (Å²) in [5, 5.41) is 0. The zero-order valence-corrected chi connectivity index (χ0v) is 21.9. The van der Waals surface area contributed by atoms with Crippen LogP contribution in [0.4, 0.5) is 17.6 Å². The summed E-state index contributed by atoms with van der Waals surface area (Å²) >= 11 is 0. The second kappa shape index (κ2) is 10.6. The van der Waals surface area contributed by atoms with Gasteiger partial charge in [-0.2, -0.15) is 18.2 Å². The molecule has 40 heavy (non-hydrogen) atoms. The molecule has 0 saturated heterocycles. The lowest BCUT2D eigenvalue weighted by molar-refractivity contribution is -0.140. The maximum Gasteiger partial charge on any atom is 0.434 e. The molecule has 1 aliphatic carbocycles. The van der Waals surface area contributed by atoms with Gasteiger partial charge in [-0.05, 0) is 18.9 Å². The molecule has 14 heteroatoms. The van der Waals surface area contributed by atoms with E-state index in [0.717, 1.165) is 29.3 Å². The minimum atomic E-state index is -4.67. The van der Waals surface area contributed by atoms with Gasteiger partial charge in [0.1, 0.15) is 24.3 Å². The minimum absolute atomic E-state index is 0.0608. The first-order valence-electron chi connectivity index (χ1n) is 12.1. The van der Waals surface area contributed by atoms with Crippen molar-refractivity contribution in [3.63, 3.8) is 0 Å². The molecule has 1 saturated carbocycles. The summed E-state index contributed by atoms with van der Waals surface area (Å²) < 4.78 is 77.9. The topological polar surface area (TPSA) is 106 Å². The molecule has 0 aliphatic heterocycles. The molecule has 0 radical (unpaired) electrons. The van der Waals surface area contributed by atoms with Crippen molar-refractivity contribution in [3.8, 4) is 46.0 Å². The molecule has 1 aromatic carbocycles. The van der Waals surface area contributed by atoms with Crippen LogP contribution in [0.15, 0.2) is 30.9 Å². The summed E-state index contributed by atoms with van der Waals surface area (Å²) in [7, 11) is 5.50. The Morgan fingerprint density at radius 1 is 0.975 bits per heavy atom. The number of nitrogens with zero attached hydrogens (tertiary/aromatic N) is 6. The van der Waals surface area contributed by atoms with E-state index in [4.69, 9.17) is 18.9 Å². The van der Waals surface area contributed by atoms with Crippen LogP contribution in [0.2, 0.25) is 0 Å². The molecule has 1 fully saturated rings. The van der Waals surface area contributed by atoms with E-state index in [-0.39, 0.29) is 52.7 Å². The highest BCUT2D eigenvalue weighted by Crippen LogP contribution is 2.45. The number of aromatic nitrogens is 6. The Morgan fingerprint density at radius 3 is 2.38 bits per heavy atom. The maximum atomic E-state index is 15.5. The molecule has 3 aromatic heterocycles. The molecule has 5 rings (SSSR count). The molecule has 0 atom stereocenters. The Bertz CT molecular complexity index is 1560. The first-order valence-corrected chi connectivity index (χ1v) is 12.1. The molecule has 4 aromatic rings. The van der Waals surface area contributed by atoms with E-state index in [9.17, 15) is 13.2 Å². The Morgan fingerprint density at radius 2 is 1.75 bits per heavy atom. The van der Waals surface area contributed by atoms with Gasteiger partial charge in [-0.3, -0.25) is 0 Å². The van der Waals surface area contributed by atoms with Crippen LogP contribution in [0.3, 0.4) is 0 Å². The van der Waals surface area contributed by atoms with E-state index in [0.29, 0.717) is 11.4 Å². The van der Waals surface area contributed by atoms with Crippen LogP contribution in [0.1, 0.15) is 35.7 Å². The van der Waals surface area contributed by atoms with E-state index >= 15 is 4.39 Å². The molecule has 0 bridgehead atoms. The Labute approximate surface area is 226 Å². The largest absolute Gasteiger partial charge is 0.493 e. The van der Waals surface area contributed by atoms with Crippen molar-refractivity contribution in [2.24, 2.45) is 7.05 Å². The highest BCUT2D eigenvalue weighted by Gasteiger charge is 2.35. The molecule has 0 N–H and O–H groups in total. The van der Waals surface area contributed by atoms with Crippen molar-refractivity contribution in [2.75, 3.05) is 21.3 Å². The van der Waals surface area contributed by atoms with E-state index in [1.807, 2.05) is 0 Å². The van der Waals surface area contributed by atoms with Crippen LogP contribution < -0.4 is 18.9 Å². The van der Waals surface area contributed by atoms with E-state index in [2.05, 4.69) is 24.9 Å². The van der Waals surface area contributed by atoms with Gasteiger partial charge in [0.15, 0.2) is 28.8 Å². The lowest BCUT2D eigenvalue weighted by atomic mass is 10.1. The Kier molecular flexibility index (Phi) is 7.17. The van der Waals surface area contributed by atoms with Crippen LogP contribution in [0.25, 0.3) is 22.8 Å². The van der Waals surface area contributed by atoms with Gasteiger partial charge in [0.05, 0.1) is 38.8 Å². The number of benzene rings is 1. The van der Waals surface area contributed by atoms with E-state index < -0.39 is 17.7 Å². The first kappa shape index (κ1) is 27.1. The number of alkyl halides is 3. The highest BCUT2D eigenvalue weighted by molar-refractivity contribution is 5.66. The molecule has 3 heterocycles. The smallest absolute Gasteiger partial charge is 0.434 e. The van der Waals surface area contributed by atoms with Crippen molar-refractivity contribution >= 4 is 0 Å². The van der Waals surface area contributed by atoms with Gasteiger partial charge in [-0.1, -0.05) is 6.07 Å². The van der Waals surface area contributed by atoms with Crippen molar-refractivity contribution in [1.29, 1.82) is 0 Å². The van der Waals surface area contributed by atoms with Crippen molar-refractivity contribution in [1.82, 2.24) is 29.5 Å². The van der Waals surface area contributed by atoms with Crippen molar-refractivity contribution in [3.05, 3.63) is 53.6 Å². The molecule has 0 amide bonds. The van der Waals surface area contributed by atoms with Crippen molar-refractivity contribution < 1.29 is 36.5 Å². The third-order valence-electron chi connectivity index (χ3n) is 6.32. The van der Waals surface area contributed by atoms with Gasteiger partial charge in [-0.25, -0.2) is 24.3 Å². The summed E-state index contributed by atoms with van der Waals surface area (Å²) in [6, 6.07) is 2.79. The summed E-state index contributed by atoms with van der Waals surface area (Å²) in [4.78, 5) is 21.1. The normalized spacial score (nSPS) is 13.3. The van der Waals surface area contributed by atoms with Crippen LogP contribution in [-0.2, 0) is 19.8 Å². The number of methoxy groups -OCH3 is 3. The van der Waals surface area contributed by atoms with E-state index in [1.165, 1.54) is 53.0 Å². The zero-order chi connectivity index (χ0) is 28.6. The van der Waals surface area contributed by atoms with Crippen LogP contribution in [-0.4, -0.2) is 50.8 Å². The summed E-state index contributed by atoms with van der Waals surface area (Å²) in [5.74, 6) is -0.198. The average molecular weight is 561 g/mol. The fraction of sp³-hybridized carbons (Fsp3) is 0.346. The van der Waals surface area contributed by atoms with Gasteiger partial charge in [0.2, 0.25) is 5.88 Å². The highest BCUT2D eigenvalue weighted by atomic mass is 19.4. The van der Waals surface area contributed by atoms with Gasteiger partial charge >= 0.3 is 6.18 Å². The minimum Gasteiger partial charge on any atom is -0.493 e. The predicted molar refractivity (Wildman–Crippen MR) is 133 cm³/mol. The Balaban J connectivity index is 1.47.